The van der Waals surface area contributed by atoms with Crippen LogP contribution in [0.1, 0.15) is 0 Å². The minimum absolute atomic E-state index is 0.667. The quantitative estimate of drug-likeness (QED) is 0.243. The molecule has 2 fully saturated rings. The molecule has 0 bridgehead atoms. The van der Waals surface area contributed by atoms with Crippen molar-refractivity contribution < 1.29 is 55.1 Å². The van der Waals surface area contributed by atoms with E-state index < -0.39 is 74.6 Å². The molecule has 11 heteroatoms. The van der Waals surface area contributed by atoms with Gasteiger partial charge in [0.25, 0.3) is 0 Å². The molecule has 0 unspecified atom stereocenters. The lowest BCUT2D eigenvalue weighted by Gasteiger charge is -2.45. The predicted octanol–water partition coefficient (Wildman–Crippen LogP) is -5.40. The lowest BCUT2D eigenvalue weighted by atomic mass is 9.97. The second-order valence-electron chi connectivity index (χ2n) is 5.53. The Morgan fingerprint density at radius 2 is 1.26 bits per heavy atom. The Morgan fingerprint density at radius 3 is 1.83 bits per heavy atom. The first kappa shape index (κ1) is 18.9. The summed E-state index contributed by atoms with van der Waals surface area (Å²) in [7, 11) is 0. The highest BCUT2D eigenvalue weighted by Gasteiger charge is 2.50. The van der Waals surface area contributed by atoms with Gasteiger partial charge in [0.15, 0.2) is 12.6 Å². The molecule has 0 amide bonds. The Hall–Kier alpha value is -0.440. The van der Waals surface area contributed by atoms with E-state index in [4.69, 9.17) is 19.3 Å². The summed E-state index contributed by atoms with van der Waals surface area (Å²) >= 11 is 0. The maximum Gasteiger partial charge on any atom is 0.187 e. The zero-order chi connectivity index (χ0) is 17.3. The molecule has 23 heavy (non-hydrogen) atoms. The van der Waals surface area contributed by atoms with E-state index in [9.17, 15) is 35.7 Å². The number of rotatable bonds is 4. The molecule has 0 aromatic heterocycles. The van der Waals surface area contributed by atoms with Crippen molar-refractivity contribution in [2.45, 2.75) is 61.4 Å². The van der Waals surface area contributed by atoms with Gasteiger partial charge in [-0.2, -0.15) is 0 Å². The van der Waals surface area contributed by atoms with Gasteiger partial charge >= 0.3 is 0 Å². The van der Waals surface area contributed by atoms with Crippen molar-refractivity contribution in [2.75, 3.05) is 13.2 Å². The number of ether oxygens (including phenoxy) is 3. The first-order valence-corrected chi connectivity index (χ1v) is 7.08. The van der Waals surface area contributed by atoms with E-state index in [1.54, 1.807) is 0 Å². The van der Waals surface area contributed by atoms with Crippen LogP contribution >= 0.6 is 0 Å². The summed E-state index contributed by atoms with van der Waals surface area (Å²) in [5.41, 5.74) is 0. The first-order chi connectivity index (χ1) is 10.8. The smallest absolute Gasteiger partial charge is 0.187 e. The Kier molecular flexibility index (Phi) is 6.27. The fourth-order valence-electron chi connectivity index (χ4n) is 2.57. The minimum atomic E-state index is -1.74. The van der Waals surface area contributed by atoms with Crippen molar-refractivity contribution >= 4 is 0 Å². The summed E-state index contributed by atoms with van der Waals surface area (Å²) < 4.78 is 15.3. The molecule has 0 saturated carbocycles. The number of aliphatic hydroxyl groups excluding tert-OH is 8. The van der Waals surface area contributed by atoms with E-state index in [-0.39, 0.29) is 0 Å². The van der Waals surface area contributed by atoms with Crippen LogP contribution in [0.3, 0.4) is 0 Å². The molecule has 0 radical (unpaired) electrons. The van der Waals surface area contributed by atoms with Crippen LogP contribution in [0.5, 0.6) is 0 Å². The molecule has 2 heterocycles. The van der Waals surface area contributed by atoms with Crippen molar-refractivity contribution in [3.63, 3.8) is 0 Å². The number of aliphatic hydroxyl groups is 8. The number of hydrogen-bond donors (Lipinski definition) is 8. The van der Waals surface area contributed by atoms with Crippen molar-refractivity contribution in [3.8, 4) is 0 Å². The summed E-state index contributed by atoms with van der Waals surface area (Å²) in [5.74, 6) is 0. The van der Waals surface area contributed by atoms with Crippen LogP contribution in [0.4, 0.5) is 0 Å². The van der Waals surface area contributed by atoms with Gasteiger partial charge < -0.3 is 55.1 Å². The monoisotopic (exact) mass is 342 g/mol. The van der Waals surface area contributed by atoms with E-state index >= 15 is 0 Å². The molecule has 0 aliphatic carbocycles. The van der Waals surface area contributed by atoms with Gasteiger partial charge in [-0.3, -0.25) is 0 Å². The van der Waals surface area contributed by atoms with Crippen LogP contribution in [0, 0.1) is 0 Å². The third kappa shape index (κ3) is 3.65. The predicted molar refractivity (Wildman–Crippen MR) is 68.6 cm³/mol. The highest BCUT2D eigenvalue weighted by molar-refractivity contribution is 4.93. The van der Waals surface area contributed by atoms with Crippen molar-refractivity contribution in [3.05, 3.63) is 0 Å². The van der Waals surface area contributed by atoms with Crippen LogP contribution in [-0.4, -0.2) is 115 Å². The summed E-state index contributed by atoms with van der Waals surface area (Å²) in [6.45, 7) is -1.35. The maximum atomic E-state index is 9.94. The van der Waals surface area contributed by atoms with E-state index in [1.807, 2.05) is 0 Å². The van der Waals surface area contributed by atoms with Crippen LogP contribution in [0.15, 0.2) is 0 Å². The fraction of sp³-hybridized carbons (Fsp3) is 1.00. The average molecular weight is 342 g/mol. The summed E-state index contributed by atoms with van der Waals surface area (Å²) in [6.07, 6.45) is -15.6. The van der Waals surface area contributed by atoms with Crippen molar-refractivity contribution in [2.24, 2.45) is 0 Å². The Balaban J connectivity index is 2.11. The Bertz CT molecular complexity index is 378. The van der Waals surface area contributed by atoms with Gasteiger partial charge in [-0.1, -0.05) is 0 Å². The summed E-state index contributed by atoms with van der Waals surface area (Å²) in [6, 6.07) is 0. The molecule has 136 valence electrons. The van der Waals surface area contributed by atoms with Gasteiger partial charge in [-0.25, -0.2) is 0 Å². The normalized spacial score (nSPS) is 51.7. The van der Waals surface area contributed by atoms with Gasteiger partial charge in [0, 0.05) is 0 Å². The SMILES string of the molecule is OC[C@@H]1O[C@H](O[C@H]2[C@@H](O)[C@H](O)[C@H](O)O[C@H]2CO)[C@H](O)[C@H](O)[C@@H]1O. The van der Waals surface area contributed by atoms with E-state index in [0.717, 1.165) is 0 Å². The van der Waals surface area contributed by atoms with Gasteiger partial charge in [0.2, 0.25) is 0 Å². The van der Waals surface area contributed by atoms with Gasteiger partial charge in [0.1, 0.15) is 48.8 Å². The van der Waals surface area contributed by atoms with E-state index in [1.165, 1.54) is 0 Å². The topological polar surface area (TPSA) is 190 Å². The lowest BCUT2D eigenvalue weighted by Crippen LogP contribution is -2.64. The zero-order valence-corrected chi connectivity index (χ0v) is 12.0. The fourth-order valence-corrected chi connectivity index (χ4v) is 2.57. The van der Waals surface area contributed by atoms with Crippen molar-refractivity contribution in [1.82, 2.24) is 0 Å². The Morgan fingerprint density at radius 1 is 0.652 bits per heavy atom. The van der Waals surface area contributed by atoms with Crippen LogP contribution < -0.4 is 0 Å². The molecule has 2 aliphatic rings. The maximum absolute atomic E-state index is 9.94. The van der Waals surface area contributed by atoms with Gasteiger partial charge in [-0.15, -0.1) is 0 Å². The van der Waals surface area contributed by atoms with Crippen LogP contribution in [0.25, 0.3) is 0 Å². The minimum Gasteiger partial charge on any atom is -0.394 e. The lowest BCUT2D eigenvalue weighted by molar-refractivity contribution is -0.355. The number of hydrogen-bond acceptors (Lipinski definition) is 11. The second kappa shape index (κ2) is 7.63. The van der Waals surface area contributed by atoms with Crippen LogP contribution in [-0.2, 0) is 14.2 Å². The molecule has 2 saturated heterocycles. The third-order valence-corrected chi connectivity index (χ3v) is 3.98. The van der Waals surface area contributed by atoms with Gasteiger partial charge in [0.05, 0.1) is 13.2 Å². The summed E-state index contributed by atoms with van der Waals surface area (Å²) in [5, 5.41) is 76.5. The standard InChI is InChI=1S/C12H22O11/c13-1-3-5(15)6(16)9(19)12(22-3)23-10-4(2-14)21-11(20)8(18)7(10)17/h3-20H,1-2H2/t3-,4-,5+,6+,7-,8-,9+,10+,11+,12+/m0/s1. The molecule has 0 spiro atoms. The molecule has 2 rings (SSSR count). The van der Waals surface area contributed by atoms with E-state index in [2.05, 4.69) is 0 Å². The molecule has 10 atom stereocenters. The van der Waals surface area contributed by atoms with E-state index in [0.29, 0.717) is 0 Å². The van der Waals surface area contributed by atoms with Gasteiger partial charge in [-0.05, 0) is 0 Å². The summed E-state index contributed by atoms with van der Waals surface area (Å²) in [4.78, 5) is 0. The Labute approximate surface area is 130 Å². The molecule has 8 N–H and O–H groups in total. The highest BCUT2D eigenvalue weighted by atomic mass is 16.7. The zero-order valence-electron chi connectivity index (χ0n) is 12.0. The molecule has 11 nitrogen and oxygen atoms in total. The highest BCUT2D eigenvalue weighted by Crippen LogP contribution is 2.28. The second-order valence-corrected chi connectivity index (χ2v) is 5.53. The molecule has 0 aromatic carbocycles. The van der Waals surface area contributed by atoms with Crippen LogP contribution in [0.2, 0.25) is 0 Å². The average Bonchev–Trinajstić information content (AvgIpc) is 2.55. The molecule has 2 aliphatic heterocycles. The first-order valence-electron chi connectivity index (χ1n) is 7.08. The third-order valence-electron chi connectivity index (χ3n) is 3.98. The molecular weight excluding hydrogens is 320 g/mol. The van der Waals surface area contributed by atoms with Crippen molar-refractivity contribution in [1.29, 1.82) is 0 Å². The molecular formula is C12H22O11. The largest absolute Gasteiger partial charge is 0.394 e. The molecule has 0 aromatic rings.